The third kappa shape index (κ3) is 4.47. The van der Waals surface area contributed by atoms with Crippen molar-refractivity contribution in [3.63, 3.8) is 0 Å². The molecule has 0 saturated carbocycles. The number of benzene rings is 1. The number of aromatic amines is 1. The second kappa shape index (κ2) is 9.63. The number of aryl methyl sites for hydroxylation is 3. The van der Waals surface area contributed by atoms with Gasteiger partial charge in [0.2, 0.25) is 0 Å². The van der Waals surface area contributed by atoms with Crippen LogP contribution in [0.2, 0.25) is 0 Å². The molecule has 2 heterocycles. The Kier molecular flexibility index (Phi) is 6.96. The number of rotatable bonds is 8. The quantitative estimate of drug-likeness (QED) is 0.405. The number of hydrogen-bond donors (Lipinski definition) is 3. The molecule has 0 aliphatic heterocycles. The van der Waals surface area contributed by atoms with E-state index in [1.807, 2.05) is 18.8 Å². The second-order valence-corrected chi connectivity index (χ2v) is 7.31. The predicted molar refractivity (Wildman–Crippen MR) is 122 cm³/mol. The van der Waals surface area contributed by atoms with Crippen LogP contribution < -0.4 is 10.6 Å². The van der Waals surface area contributed by atoms with Gasteiger partial charge in [-0.1, -0.05) is 39.0 Å². The van der Waals surface area contributed by atoms with Gasteiger partial charge in [-0.3, -0.25) is 9.67 Å². The van der Waals surface area contributed by atoms with E-state index in [2.05, 4.69) is 70.9 Å². The summed E-state index contributed by atoms with van der Waals surface area (Å²) in [5.74, 6) is 0.826. The molecule has 1 aromatic carbocycles. The molecule has 6 nitrogen and oxygen atoms in total. The van der Waals surface area contributed by atoms with Crippen LogP contribution in [0.25, 0.3) is 10.9 Å². The van der Waals surface area contributed by atoms with Crippen LogP contribution >= 0.6 is 0 Å². The van der Waals surface area contributed by atoms with E-state index in [4.69, 9.17) is 0 Å². The van der Waals surface area contributed by atoms with Crippen LogP contribution in [0.1, 0.15) is 48.8 Å². The van der Waals surface area contributed by atoms with Crippen molar-refractivity contribution in [1.82, 2.24) is 25.4 Å². The Hall–Kier alpha value is -2.76. The Labute approximate surface area is 173 Å². The lowest BCUT2D eigenvalue weighted by Gasteiger charge is -2.13. The van der Waals surface area contributed by atoms with Gasteiger partial charge in [0, 0.05) is 55.5 Å². The molecule has 0 fully saturated rings. The fourth-order valence-corrected chi connectivity index (χ4v) is 4.08. The first kappa shape index (κ1) is 21.0. The van der Waals surface area contributed by atoms with Crippen LogP contribution in [0.4, 0.5) is 0 Å². The summed E-state index contributed by atoms with van der Waals surface area (Å²) in [4.78, 5) is 7.84. The average molecular weight is 395 g/mol. The van der Waals surface area contributed by atoms with Crippen molar-refractivity contribution in [3.05, 3.63) is 52.5 Å². The van der Waals surface area contributed by atoms with E-state index >= 15 is 0 Å². The minimum Gasteiger partial charge on any atom is -0.361 e. The van der Waals surface area contributed by atoms with Gasteiger partial charge in [-0.25, -0.2) is 0 Å². The van der Waals surface area contributed by atoms with E-state index in [1.54, 1.807) is 0 Å². The van der Waals surface area contributed by atoms with Gasteiger partial charge in [0.25, 0.3) is 0 Å². The molecular formula is C23H34N6. The zero-order valence-electron chi connectivity index (χ0n) is 18.4. The summed E-state index contributed by atoms with van der Waals surface area (Å²) in [6.45, 7) is 8.11. The second-order valence-electron chi connectivity index (χ2n) is 7.31. The zero-order chi connectivity index (χ0) is 20.8. The third-order valence-electron chi connectivity index (χ3n) is 5.64. The molecule has 0 atom stereocenters. The summed E-state index contributed by atoms with van der Waals surface area (Å²) >= 11 is 0. The first-order valence-electron chi connectivity index (χ1n) is 10.7. The molecule has 0 radical (unpaired) electrons. The molecule has 2 aromatic heterocycles. The van der Waals surface area contributed by atoms with Gasteiger partial charge in [0.15, 0.2) is 5.96 Å². The summed E-state index contributed by atoms with van der Waals surface area (Å²) in [7, 11) is 3.85. The Morgan fingerprint density at radius 3 is 2.62 bits per heavy atom. The molecular weight excluding hydrogens is 360 g/mol. The van der Waals surface area contributed by atoms with Crippen molar-refractivity contribution in [3.8, 4) is 0 Å². The number of nitrogens with zero attached hydrogens (tertiary/aromatic N) is 3. The van der Waals surface area contributed by atoms with Crippen molar-refractivity contribution in [1.29, 1.82) is 0 Å². The molecule has 0 aliphatic rings. The Morgan fingerprint density at radius 1 is 1.10 bits per heavy atom. The van der Waals surface area contributed by atoms with E-state index in [9.17, 15) is 0 Å². The van der Waals surface area contributed by atoms with Crippen molar-refractivity contribution >= 4 is 16.9 Å². The highest BCUT2D eigenvalue weighted by Crippen LogP contribution is 2.22. The van der Waals surface area contributed by atoms with Crippen molar-refractivity contribution in [2.75, 3.05) is 13.6 Å². The number of guanidine groups is 1. The standard InChI is InChI=1S/C23H34N6/c1-6-16-10-9-11-18-17(14-26-22(16)18)12-13-25-23(24-4)27-15-19-20(7-2)28-29(5)21(19)8-3/h9-11,14,26H,6-8,12-13,15H2,1-5H3,(H2,24,25,27). The zero-order valence-corrected chi connectivity index (χ0v) is 18.4. The van der Waals surface area contributed by atoms with Gasteiger partial charge in [-0.05, 0) is 36.8 Å². The fourth-order valence-electron chi connectivity index (χ4n) is 4.08. The highest BCUT2D eigenvalue weighted by Gasteiger charge is 2.14. The van der Waals surface area contributed by atoms with Gasteiger partial charge in [0.1, 0.15) is 0 Å². The lowest BCUT2D eigenvalue weighted by atomic mass is 10.1. The Morgan fingerprint density at radius 2 is 1.93 bits per heavy atom. The molecule has 0 unspecified atom stereocenters. The summed E-state index contributed by atoms with van der Waals surface area (Å²) in [5, 5.41) is 12.9. The highest BCUT2D eigenvalue weighted by atomic mass is 15.3. The number of hydrogen-bond acceptors (Lipinski definition) is 2. The summed E-state index contributed by atoms with van der Waals surface area (Å²) in [6.07, 6.45) is 6.05. The Balaban J connectivity index is 1.60. The molecule has 0 spiro atoms. The minimum absolute atomic E-state index is 0.743. The van der Waals surface area contributed by atoms with Crippen LogP contribution in [0.3, 0.4) is 0 Å². The number of aromatic nitrogens is 3. The maximum absolute atomic E-state index is 4.66. The minimum atomic E-state index is 0.743. The average Bonchev–Trinajstić information content (AvgIpc) is 3.30. The molecule has 3 aromatic rings. The van der Waals surface area contributed by atoms with Crippen LogP contribution in [-0.4, -0.2) is 34.3 Å². The number of para-hydroxylation sites is 1. The van der Waals surface area contributed by atoms with E-state index in [1.165, 1.54) is 33.3 Å². The SMILES string of the molecule is CCc1nn(C)c(CC)c1CNC(=NC)NCCc1c[nH]c2c(CC)cccc12. The maximum atomic E-state index is 4.66. The van der Waals surface area contributed by atoms with E-state index < -0.39 is 0 Å². The maximum Gasteiger partial charge on any atom is 0.191 e. The van der Waals surface area contributed by atoms with Crippen LogP contribution in [0.15, 0.2) is 29.4 Å². The van der Waals surface area contributed by atoms with Crippen LogP contribution in [-0.2, 0) is 39.3 Å². The van der Waals surface area contributed by atoms with Crippen LogP contribution in [0, 0.1) is 0 Å². The molecule has 6 heteroatoms. The lowest BCUT2D eigenvalue weighted by molar-refractivity contribution is 0.702. The third-order valence-corrected chi connectivity index (χ3v) is 5.64. The van der Waals surface area contributed by atoms with Crippen molar-refractivity contribution < 1.29 is 0 Å². The normalized spacial score (nSPS) is 12.0. The van der Waals surface area contributed by atoms with Gasteiger partial charge in [0.05, 0.1) is 5.69 Å². The van der Waals surface area contributed by atoms with Gasteiger partial charge in [-0.15, -0.1) is 0 Å². The molecule has 29 heavy (non-hydrogen) atoms. The van der Waals surface area contributed by atoms with E-state index in [-0.39, 0.29) is 0 Å². The van der Waals surface area contributed by atoms with E-state index in [0.29, 0.717) is 0 Å². The number of fused-ring (bicyclic) bond motifs is 1. The molecule has 0 amide bonds. The monoisotopic (exact) mass is 394 g/mol. The summed E-state index contributed by atoms with van der Waals surface area (Å²) in [6, 6.07) is 6.55. The molecule has 0 bridgehead atoms. The highest BCUT2D eigenvalue weighted by molar-refractivity contribution is 5.86. The predicted octanol–water partition coefficient (Wildman–Crippen LogP) is 3.50. The first-order chi connectivity index (χ1) is 14.1. The molecule has 3 N–H and O–H groups in total. The van der Waals surface area contributed by atoms with Crippen molar-refractivity contribution in [2.24, 2.45) is 12.0 Å². The molecule has 0 saturated heterocycles. The molecule has 3 rings (SSSR count). The lowest BCUT2D eigenvalue weighted by Crippen LogP contribution is -2.38. The number of H-pyrrole nitrogens is 1. The fraction of sp³-hybridized carbons (Fsp3) is 0.478. The number of aliphatic imine (C=N–C) groups is 1. The topological polar surface area (TPSA) is 70.0 Å². The van der Waals surface area contributed by atoms with Gasteiger partial charge < -0.3 is 15.6 Å². The van der Waals surface area contributed by atoms with Crippen LogP contribution in [0.5, 0.6) is 0 Å². The summed E-state index contributed by atoms with van der Waals surface area (Å²) < 4.78 is 2.01. The summed E-state index contributed by atoms with van der Waals surface area (Å²) in [5.41, 5.74) is 7.72. The number of nitrogens with one attached hydrogen (secondary N) is 3. The largest absolute Gasteiger partial charge is 0.361 e. The van der Waals surface area contributed by atoms with Crippen molar-refractivity contribution in [2.45, 2.75) is 53.0 Å². The molecule has 156 valence electrons. The van der Waals surface area contributed by atoms with Gasteiger partial charge >= 0.3 is 0 Å². The first-order valence-corrected chi connectivity index (χ1v) is 10.7. The molecule has 0 aliphatic carbocycles. The smallest absolute Gasteiger partial charge is 0.191 e. The Bertz CT molecular complexity index is 979. The van der Waals surface area contributed by atoms with Gasteiger partial charge in [-0.2, -0.15) is 5.10 Å². The van der Waals surface area contributed by atoms with E-state index in [0.717, 1.165) is 50.4 Å².